The molecule has 2 heterocycles. The number of hydrogen-bond donors (Lipinski definition) is 0. The Balaban J connectivity index is 2.38. The second-order valence-electron chi connectivity index (χ2n) is 2.84. The zero-order valence-corrected chi connectivity index (χ0v) is 7.80. The van der Waals surface area contributed by atoms with E-state index in [4.69, 9.17) is 4.74 Å². The molecule has 4 heteroatoms. The highest BCUT2D eigenvalue weighted by atomic mass is 16.5. The Hall–Kier alpha value is -1.84. The first-order valence-corrected chi connectivity index (χ1v) is 4.41. The molecule has 0 radical (unpaired) electrons. The van der Waals surface area contributed by atoms with Crippen LogP contribution in [0, 0.1) is 0 Å². The first kappa shape index (κ1) is 8.74. The van der Waals surface area contributed by atoms with E-state index in [2.05, 4.69) is 4.98 Å². The Morgan fingerprint density at radius 2 is 2.50 bits per heavy atom. The fourth-order valence-electron chi connectivity index (χ4n) is 1.24. The maximum Gasteiger partial charge on any atom is 0.341 e. The fourth-order valence-corrected chi connectivity index (χ4v) is 1.24. The molecule has 4 nitrogen and oxygen atoms in total. The fraction of sp³-hybridized carbons (Fsp3) is 0.200. The molecule has 2 rings (SSSR count). The predicted octanol–water partition coefficient (Wildman–Crippen LogP) is 1.51. The number of fused-ring (bicyclic) bond motifs is 1. The third kappa shape index (κ3) is 1.46. The van der Waals surface area contributed by atoms with Crippen LogP contribution in [0.1, 0.15) is 17.3 Å². The average molecular weight is 190 g/mol. The Morgan fingerprint density at radius 3 is 3.29 bits per heavy atom. The molecular formula is C10H10N2O2. The van der Waals surface area contributed by atoms with Gasteiger partial charge in [-0.3, -0.25) is 0 Å². The highest BCUT2D eigenvalue weighted by Crippen LogP contribution is 2.04. The standard InChI is InChI=1S/C10H10N2O2/c1-2-14-10(13)8-6-11-9-4-3-5-12(9)7-8/h3-7H,2H2,1H3. The van der Waals surface area contributed by atoms with E-state index in [-0.39, 0.29) is 5.97 Å². The van der Waals surface area contributed by atoms with Gasteiger partial charge in [0.2, 0.25) is 0 Å². The maximum absolute atomic E-state index is 11.3. The molecule has 0 atom stereocenters. The van der Waals surface area contributed by atoms with E-state index in [1.165, 1.54) is 6.20 Å². The van der Waals surface area contributed by atoms with Gasteiger partial charge in [-0.25, -0.2) is 9.78 Å². The summed E-state index contributed by atoms with van der Waals surface area (Å²) in [7, 11) is 0. The smallest absolute Gasteiger partial charge is 0.341 e. The van der Waals surface area contributed by atoms with Crippen LogP contribution in [0.5, 0.6) is 0 Å². The van der Waals surface area contributed by atoms with Gasteiger partial charge in [-0.05, 0) is 19.1 Å². The molecule has 72 valence electrons. The van der Waals surface area contributed by atoms with Crippen molar-refractivity contribution in [2.24, 2.45) is 0 Å². The molecule has 0 aliphatic heterocycles. The van der Waals surface area contributed by atoms with Gasteiger partial charge in [0, 0.05) is 18.6 Å². The van der Waals surface area contributed by atoms with Crippen molar-refractivity contribution in [3.63, 3.8) is 0 Å². The van der Waals surface area contributed by atoms with Gasteiger partial charge in [-0.2, -0.15) is 0 Å². The third-order valence-electron chi connectivity index (χ3n) is 1.88. The molecule has 0 aromatic carbocycles. The summed E-state index contributed by atoms with van der Waals surface area (Å²) in [5.74, 6) is -0.337. The van der Waals surface area contributed by atoms with E-state index in [0.717, 1.165) is 5.65 Å². The van der Waals surface area contributed by atoms with Crippen LogP contribution in [0.3, 0.4) is 0 Å². The Morgan fingerprint density at radius 1 is 1.64 bits per heavy atom. The van der Waals surface area contributed by atoms with Gasteiger partial charge in [-0.1, -0.05) is 0 Å². The summed E-state index contributed by atoms with van der Waals surface area (Å²) in [4.78, 5) is 15.4. The second-order valence-corrected chi connectivity index (χ2v) is 2.84. The number of carbonyl (C=O) groups excluding carboxylic acids is 1. The highest BCUT2D eigenvalue weighted by molar-refractivity contribution is 5.88. The zero-order chi connectivity index (χ0) is 9.97. The van der Waals surface area contributed by atoms with Crippen LogP contribution in [0.25, 0.3) is 5.65 Å². The van der Waals surface area contributed by atoms with Crippen molar-refractivity contribution in [2.45, 2.75) is 6.92 Å². The van der Waals surface area contributed by atoms with Crippen LogP contribution in [-0.2, 0) is 4.74 Å². The number of aromatic nitrogens is 2. The largest absolute Gasteiger partial charge is 0.462 e. The summed E-state index contributed by atoms with van der Waals surface area (Å²) in [5.41, 5.74) is 1.29. The molecule has 2 aromatic rings. The van der Waals surface area contributed by atoms with Gasteiger partial charge in [0.1, 0.15) is 5.65 Å². The summed E-state index contributed by atoms with van der Waals surface area (Å²) < 4.78 is 6.65. The molecule has 0 bridgehead atoms. The molecule has 0 saturated heterocycles. The van der Waals surface area contributed by atoms with Crippen molar-refractivity contribution in [3.8, 4) is 0 Å². The van der Waals surface area contributed by atoms with Crippen LogP contribution in [0.4, 0.5) is 0 Å². The first-order chi connectivity index (χ1) is 6.81. The van der Waals surface area contributed by atoms with Crippen molar-refractivity contribution < 1.29 is 9.53 Å². The van der Waals surface area contributed by atoms with Crippen LogP contribution in [-0.4, -0.2) is 22.0 Å². The number of rotatable bonds is 2. The monoisotopic (exact) mass is 190 g/mol. The van der Waals surface area contributed by atoms with Gasteiger partial charge in [0.05, 0.1) is 12.2 Å². The molecule has 14 heavy (non-hydrogen) atoms. The number of hydrogen-bond acceptors (Lipinski definition) is 3. The van der Waals surface area contributed by atoms with E-state index in [0.29, 0.717) is 12.2 Å². The summed E-state index contributed by atoms with van der Waals surface area (Å²) in [6, 6.07) is 3.74. The van der Waals surface area contributed by atoms with Crippen molar-refractivity contribution in [3.05, 3.63) is 36.3 Å². The predicted molar refractivity (Wildman–Crippen MR) is 51.1 cm³/mol. The van der Waals surface area contributed by atoms with Gasteiger partial charge in [0.25, 0.3) is 0 Å². The third-order valence-corrected chi connectivity index (χ3v) is 1.88. The molecule has 0 unspecified atom stereocenters. The van der Waals surface area contributed by atoms with E-state index in [9.17, 15) is 4.79 Å². The quantitative estimate of drug-likeness (QED) is 0.674. The van der Waals surface area contributed by atoms with E-state index in [1.807, 2.05) is 18.3 Å². The summed E-state index contributed by atoms with van der Waals surface area (Å²) in [5, 5.41) is 0. The van der Waals surface area contributed by atoms with Crippen molar-refractivity contribution in [1.82, 2.24) is 9.38 Å². The number of carbonyl (C=O) groups is 1. The van der Waals surface area contributed by atoms with Crippen LogP contribution in [0.2, 0.25) is 0 Å². The first-order valence-electron chi connectivity index (χ1n) is 4.41. The van der Waals surface area contributed by atoms with Crippen LogP contribution in [0.15, 0.2) is 30.7 Å². The van der Waals surface area contributed by atoms with Crippen molar-refractivity contribution in [1.29, 1.82) is 0 Å². The van der Waals surface area contributed by atoms with Crippen molar-refractivity contribution >= 4 is 11.6 Å². The lowest BCUT2D eigenvalue weighted by molar-refractivity contribution is 0.0525. The molecule has 2 aromatic heterocycles. The van der Waals surface area contributed by atoms with E-state index < -0.39 is 0 Å². The maximum atomic E-state index is 11.3. The zero-order valence-electron chi connectivity index (χ0n) is 7.80. The van der Waals surface area contributed by atoms with Crippen molar-refractivity contribution in [2.75, 3.05) is 6.61 Å². The minimum atomic E-state index is -0.337. The van der Waals surface area contributed by atoms with Crippen LogP contribution < -0.4 is 0 Å². The molecular weight excluding hydrogens is 180 g/mol. The summed E-state index contributed by atoms with van der Waals surface area (Å²) in [6.07, 6.45) is 5.07. The number of ether oxygens (including phenoxy) is 1. The molecule has 0 saturated carbocycles. The lowest BCUT2D eigenvalue weighted by Gasteiger charge is -2.01. The van der Waals surface area contributed by atoms with Gasteiger partial charge in [0.15, 0.2) is 0 Å². The normalized spacial score (nSPS) is 10.4. The highest BCUT2D eigenvalue weighted by Gasteiger charge is 2.07. The average Bonchev–Trinajstić information content (AvgIpc) is 2.64. The van der Waals surface area contributed by atoms with Gasteiger partial charge >= 0.3 is 5.97 Å². The summed E-state index contributed by atoms with van der Waals surface area (Å²) in [6.45, 7) is 2.15. The molecule has 0 aliphatic rings. The molecule has 0 N–H and O–H groups in total. The van der Waals surface area contributed by atoms with Gasteiger partial charge < -0.3 is 9.14 Å². The van der Waals surface area contributed by atoms with E-state index in [1.54, 1.807) is 17.5 Å². The minimum Gasteiger partial charge on any atom is -0.462 e. The van der Waals surface area contributed by atoms with Crippen LogP contribution >= 0.6 is 0 Å². The Bertz CT molecular complexity index is 462. The summed E-state index contributed by atoms with van der Waals surface area (Å²) >= 11 is 0. The molecule has 0 aliphatic carbocycles. The Kier molecular flexibility index (Phi) is 2.18. The lowest BCUT2D eigenvalue weighted by Crippen LogP contribution is -2.06. The van der Waals surface area contributed by atoms with E-state index >= 15 is 0 Å². The van der Waals surface area contributed by atoms with Gasteiger partial charge in [-0.15, -0.1) is 0 Å². The minimum absolute atomic E-state index is 0.337. The lowest BCUT2D eigenvalue weighted by atomic mass is 10.3. The number of nitrogens with zero attached hydrogens (tertiary/aromatic N) is 2. The molecule has 0 spiro atoms. The molecule has 0 fully saturated rings. The number of esters is 1. The SMILES string of the molecule is CCOC(=O)c1cnc2cccn2c1. The Labute approximate surface area is 81.1 Å². The second kappa shape index (κ2) is 3.49. The molecule has 0 amide bonds. The topological polar surface area (TPSA) is 43.6 Å².